The Morgan fingerprint density at radius 2 is 2.08 bits per heavy atom. The topological polar surface area (TPSA) is 55.6 Å². The number of nitrogens with zero attached hydrogens (tertiary/aromatic N) is 2. The van der Waals surface area contributed by atoms with E-state index in [-0.39, 0.29) is 12.7 Å². The van der Waals surface area contributed by atoms with Crippen LogP contribution in [0.25, 0.3) is 6.08 Å². The van der Waals surface area contributed by atoms with Gasteiger partial charge in [0.15, 0.2) is 16.7 Å². The SMILES string of the molecule is CC[NH+]1CCN(C2=NC(=O)C(=Cc3ccc4c(c3)OCO4)S2)CC1. The summed E-state index contributed by atoms with van der Waals surface area (Å²) in [5.41, 5.74) is 0.923. The number of quaternary nitrogens is 1. The molecule has 126 valence electrons. The van der Waals surface area contributed by atoms with Gasteiger partial charge in [-0.05, 0) is 42.5 Å². The minimum Gasteiger partial charge on any atom is -0.454 e. The van der Waals surface area contributed by atoms with Gasteiger partial charge in [0.05, 0.1) is 37.6 Å². The largest absolute Gasteiger partial charge is 0.454 e. The predicted molar refractivity (Wildman–Crippen MR) is 93.4 cm³/mol. The molecule has 3 aliphatic heterocycles. The van der Waals surface area contributed by atoms with E-state index >= 15 is 0 Å². The minimum atomic E-state index is -0.155. The maximum atomic E-state index is 12.2. The lowest BCUT2D eigenvalue weighted by Crippen LogP contribution is -3.14. The fourth-order valence-electron chi connectivity index (χ4n) is 3.06. The van der Waals surface area contributed by atoms with E-state index in [4.69, 9.17) is 9.47 Å². The smallest absolute Gasteiger partial charge is 0.286 e. The van der Waals surface area contributed by atoms with Crippen LogP contribution in [0.3, 0.4) is 0 Å². The average Bonchev–Trinajstić information content (AvgIpc) is 3.21. The van der Waals surface area contributed by atoms with Crippen LogP contribution in [0.4, 0.5) is 0 Å². The summed E-state index contributed by atoms with van der Waals surface area (Å²) in [5.74, 6) is 1.31. The Bertz CT molecular complexity index is 724. The number of amides is 1. The van der Waals surface area contributed by atoms with Crippen molar-refractivity contribution in [2.24, 2.45) is 4.99 Å². The van der Waals surface area contributed by atoms with Crippen LogP contribution in [0.2, 0.25) is 0 Å². The molecule has 0 unspecified atom stereocenters. The number of benzene rings is 1. The lowest BCUT2D eigenvalue weighted by molar-refractivity contribution is -0.902. The summed E-state index contributed by atoms with van der Waals surface area (Å²) in [4.78, 5) is 21.0. The fourth-order valence-corrected chi connectivity index (χ4v) is 4.02. The number of thioether (sulfide) groups is 1. The van der Waals surface area contributed by atoms with E-state index in [1.807, 2.05) is 24.3 Å². The number of carbonyl (C=O) groups excluding carboxylic acids is 1. The van der Waals surface area contributed by atoms with Crippen molar-refractivity contribution in [1.82, 2.24) is 4.90 Å². The summed E-state index contributed by atoms with van der Waals surface area (Å²) >= 11 is 1.47. The molecule has 3 aliphatic rings. The number of ether oxygens (including phenoxy) is 2. The number of fused-ring (bicyclic) bond motifs is 1. The molecule has 6 nitrogen and oxygen atoms in total. The van der Waals surface area contributed by atoms with Crippen LogP contribution < -0.4 is 14.4 Å². The van der Waals surface area contributed by atoms with Gasteiger partial charge in [-0.25, -0.2) is 0 Å². The van der Waals surface area contributed by atoms with E-state index in [1.54, 1.807) is 4.90 Å². The first-order valence-electron chi connectivity index (χ1n) is 8.23. The number of rotatable bonds is 2. The Morgan fingerprint density at radius 1 is 1.29 bits per heavy atom. The first kappa shape index (κ1) is 15.5. The lowest BCUT2D eigenvalue weighted by atomic mass is 10.2. The van der Waals surface area contributed by atoms with Crippen molar-refractivity contribution in [2.45, 2.75) is 6.92 Å². The molecule has 0 spiro atoms. The van der Waals surface area contributed by atoms with Crippen molar-refractivity contribution in [2.75, 3.05) is 39.5 Å². The molecule has 3 heterocycles. The van der Waals surface area contributed by atoms with E-state index in [9.17, 15) is 4.79 Å². The van der Waals surface area contributed by atoms with Gasteiger partial charge < -0.3 is 19.3 Å². The fraction of sp³-hybridized carbons (Fsp3) is 0.412. The number of aliphatic imine (C=N–C) groups is 1. The number of hydrogen-bond donors (Lipinski definition) is 1. The Kier molecular flexibility index (Phi) is 4.20. The Labute approximate surface area is 145 Å². The zero-order chi connectivity index (χ0) is 16.5. The van der Waals surface area contributed by atoms with Crippen molar-refractivity contribution in [3.63, 3.8) is 0 Å². The van der Waals surface area contributed by atoms with Crippen LogP contribution in [0.15, 0.2) is 28.1 Å². The second-order valence-corrected chi connectivity index (χ2v) is 7.02. The number of hydrogen-bond acceptors (Lipinski definition) is 5. The van der Waals surface area contributed by atoms with E-state index < -0.39 is 0 Å². The first-order chi connectivity index (χ1) is 11.7. The van der Waals surface area contributed by atoms with Crippen LogP contribution in [0.5, 0.6) is 11.5 Å². The van der Waals surface area contributed by atoms with Crippen molar-refractivity contribution in [1.29, 1.82) is 0 Å². The highest BCUT2D eigenvalue weighted by Gasteiger charge is 2.29. The molecule has 0 radical (unpaired) electrons. The standard InChI is InChI=1S/C17H19N3O3S/c1-2-19-5-7-20(8-6-19)17-18-16(21)15(24-17)10-12-3-4-13-14(9-12)23-11-22-13/h3-4,9-10H,2,5-8,11H2,1H3/p+1. The molecule has 1 aromatic carbocycles. The number of nitrogens with one attached hydrogen (secondary N) is 1. The summed E-state index contributed by atoms with van der Waals surface area (Å²) in [6.07, 6.45) is 1.87. The van der Waals surface area contributed by atoms with Crippen LogP contribution in [0, 0.1) is 0 Å². The Balaban J connectivity index is 1.46. The molecule has 1 amide bonds. The second kappa shape index (κ2) is 6.49. The van der Waals surface area contributed by atoms with Gasteiger partial charge in [0, 0.05) is 0 Å². The van der Waals surface area contributed by atoms with Gasteiger partial charge in [-0.15, -0.1) is 0 Å². The first-order valence-corrected chi connectivity index (χ1v) is 9.05. The summed E-state index contributed by atoms with van der Waals surface area (Å²) in [5, 5.41) is 0.835. The van der Waals surface area contributed by atoms with Crippen molar-refractivity contribution < 1.29 is 19.2 Å². The molecule has 1 saturated heterocycles. The normalized spacial score (nSPS) is 22.4. The summed E-state index contributed by atoms with van der Waals surface area (Å²) in [6.45, 7) is 7.74. The third-order valence-corrected chi connectivity index (χ3v) is 5.59. The third kappa shape index (κ3) is 3.01. The molecular weight excluding hydrogens is 326 g/mol. The molecule has 1 aromatic rings. The molecule has 1 N–H and O–H groups in total. The number of piperazine rings is 1. The van der Waals surface area contributed by atoms with Crippen LogP contribution >= 0.6 is 11.8 Å². The molecule has 4 rings (SSSR count). The summed E-state index contributed by atoms with van der Waals surface area (Å²) in [6, 6.07) is 5.69. The molecule has 0 saturated carbocycles. The highest BCUT2D eigenvalue weighted by atomic mass is 32.2. The molecule has 24 heavy (non-hydrogen) atoms. The van der Waals surface area contributed by atoms with Gasteiger partial charge in [0.2, 0.25) is 6.79 Å². The van der Waals surface area contributed by atoms with E-state index in [0.29, 0.717) is 4.91 Å². The highest BCUT2D eigenvalue weighted by molar-refractivity contribution is 8.18. The van der Waals surface area contributed by atoms with Crippen LogP contribution in [-0.4, -0.2) is 55.5 Å². The van der Waals surface area contributed by atoms with Gasteiger partial charge in [0.25, 0.3) is 5.91 Å². The lowest BCUT2D eigenvalue weighted by Gasteiger charge is -2.32. The quantitative estimate of drug-likeness (QED) is 0.795. The summed E-state index contributed by atoms with van der Waals surface area (Å²) in [7, 11) is 0. The van der Waals surface area contributed by atoms with Crippen LogP contribution in [-0.2, 0) is 4.79 Å². The maximum absolute atomic E-state index is 12.2. The minimum absolute atomic E-state index is 0.155. The molecule has 0 aromatic heterocycles. The number of carbonyl (C=O) groups is 1. The Morgan fingerprint density at radius 3 is 2.88 bits per heavy atom. The zero-order valence-electron chi connectivity index (χ0n) is 13.6. The second-order valence-electron chi connectivity index (χ2n) is 6.01. The predicted octanol–water partition coefficient (Wildman–Crippen LogP) is 0.606. The molecule has 0 aliphatic carbocycles. The molecule has 7 heteroatoms. The van der Waals surface area contributed by atoms with Crippen molar-refractivity contribution >= 4 is 28.9 Å². The molecule has 0 bridgehead atoms. The number of likely N-dealkylation sites (N-methyl/N-ethyl adjacent to an activating group) is 1. The van der Waals surface area contributed by atoms with Gasteiger partial charge in [-0.2, -0.15) is 4.99 Å². The third-order valence-electron chi connectivity index (χ3n) is 4.54. The summed E-state index contributed by atoms with van der Waals surface area (Å²) < 4.78 is 10.7. The van der Waals surface area contributed by atoms with Gasteiger partial charge >= 0.3 is 0 Å². The van der Waals surface area contributed by atoms with E-state index in [0.717, 1.165) is 55.0 Å². The maximum Gasteiger partial charge on any atom is 0.286 e. The molecule has 1 fully saturated rings. The molecule has 0 atom stereocenters. The van der Waals surface area contributed by atoms with Crippen molar-refractivity contribution in [3.8, 4) is 11.5 Å². The zero-order valence-corrected chi connectivity index (χ0v) is 14.4. The van der Waals surface area contributed by atoms with Gasteiger partial charge in [-0.3, -0.25) is 4.79 Å². The van der Waals surface area contributed by atoms with E-state index in [1.165, 1.54) is 11.8 Å². The molecular formula is C17H20N3O3S+. The monoisotopic (exact) mass is 346 g/mol. The highest BCUT2D eigenvalue weighted by Crippen LogP contribution is 2.35. The van der Waals surface area contributed by atoms with Gasteiger partial charge in [0.1, 0.15) is 0 Å². The number of amidine groups is 1. The average molecular weight is 346 g/mol. The van der Waals surface area contributed by atoms with Crippen LogP contribution in [0.1, 0.15) is 12.5 Å². The van der Waals surface area contributed by atoms with E-state index in [2.05, 4.69) is 16.8 Å². The van der Waals surface area contributed by atoms with Crippen molar-refractivity contribution in [3.05, 3.63) is 28.7 Å². The van der Waals surface area contributed by atoms with Gasteiger partial charge in [-0.1, -0.05) is 6.07 Å². The Hall–Kier alpha value is -1.99.